The summed E-state index contributed by atoms with van der Waals surface area (Å²) in [6.07, 6.45) is 0.444. The molecule has 0 aliphatic heterocycles. The van der Waals surface area contributed by atoms with E-state index >= 15 is 0 Å². The molecule has 0 aliphatic rings. The van der Waals surface area contributed by atoms with E-state index in [9.17, 15) is 8.78 Å². The molecule has 2 rings (SSSR count). The summed E-state index contributed by atoms with van der Waals surface area (Å²) in [5, 5.41) is 0. The first-order chi connectivity index (χ1) is 10.0. The molecule has 0 unspecified atom stereocenters. The van der Waals surface area contributed by atoms with E-state index in [1.165, 1.54) is 11.8 Å². The predicted octanol–water partition coefficient (Wildman–Crippen LogP) is 4.84. The van der Waals surface area contributed by atoms with Gasteiger partial charge < -0.3 is 0 Å². The minimum atomic E-state index is -2.57. The molecule has 2 aromatic rings. The molecule has 1 heterocycles. The van der Waals surface area contributed by atoms with Crippen LogP contribution in [-0.2, 0) is 12.8 Å². The summed E-state index contributed by atoms with van der Waals surface area (Å²) in [4.78, 5) is 8.25. The molecule has 0 spiro atoms. The van der Waals surface area contributed by atoms with Gasteiger partial charge in [0.05, 0.1) is 0 Å². The molecule has 0 saturated carbocycles. The summed E-state index contributed by atoms with van der Waals surface area (Å²) in [7, 11) is 0. The maximum atomic E-state index is 13.0. The molecule has 0 fully saturated rings. The summed E-state index contributed by atoms with van der Waals surface area (Å²) in [5.74, 6) is 0.944. The average molecular weight is 290 g/mol. The van der Waals surface area contributed by atoms with Crippen molar-refractivity contribution in [3.8, 4) is 11.4 Å². The molecule has 0 saturated heterocycles. The maximum Gasteiger partial charge on any atom is 0.280 e. The minimum absolute atomic E-state index is 0.159. The molecule has 0 N–H and O–H groups in total. The van der Waals surface area contributed by atoms with E-state index in [1.807, 2.05) is 31.2 Å². The van der Waals surface area contributed by atoms with Crippen molar-refractivity contribution < 1.29 is 8.78 Å². The highest BCUT2D eigenvalue weighted by atomic mass is 19.3. The Morgan fingerprint density at radius 3 is 2.29 bits per heavy atom. The molecular formula is C17H20F2N2. The van der Waals surface area contributed by atoms with Crippen molar-refractivity contribution in [2.45, 2.75) is 40.0 Å². The summed E-state index contributed by atoms with van der Waals surface area (Å²) in [6.45, 7) is 6.15. The highest BCUT2D eigenvalue weighted by Crippen LogP contribution is 2.24. The third-order valence-corrected chi connectivity index (χ3v) is 3.34. The molecule has 21 heavy (non-hydrogen) atoms. The third-order valence-electron chi connectivity index (χ3n) is 3.34. The largest absolute Gasteiger partial charge is 0.280 e. The van der Waals surface area contributed by atoms with Gasteiger partial charge in [0.2, 0.25) is 0 Å². The normalized spacial score (nSPS) is 11.4. The van der Waals surface area contributed by atoms with Gasteiger partial charge in [0.25, 0.3) is 6.43 Å². The molecule has 0 bridgehead atoms. The van der Waals surface area contributed by atoms with Gasteiger partial charge in [-0.2, -0.15) is 0 Å². The van der Waals surface area contributed by atoms with E-state index in [1.54, 1.807) is 0 Å². The fourth-order valence-corrected chi connectivity index (χ4v) is 2.28. The quantitative estimate of drug-likeness (QED) is 0.787. The first-order valence-electron chi connectivity index (χ1n) is 7.24. The van der Waals surface area contributed by atoms with Crippen molar-refractivity contribution in [1.29, 1.82) is 0 Å². The van der Waals surface area contributed by atoms with E-state index in [0.29, 0.717) is 23.7 Å². The zero-order valence-corrected chi connectivity index (χ0v) is 12.6. The summed E-state index contributed by atoms with van der Waals surface area (Å²) >= 11 is 0. The van der Waals surface area contributed by atoms with Crippen molar-refractivity contribution in [3.63, 3.8) is 0 Å². The second-order valence-corrected chi connectivity index (χ2v) is 5.55. The van der Waals surface area contributed by atoms with E-state index in [-0.39, 0.29) is 5.69 Å². The maximum absolute atomic E-state index is 13.0. The van der Waals surface area contributed by atoms with Crippen molar-refractivity contribution in [1.82, 2.24) is 9.97 Å². The number of aromatic nitrogens is 2. The summed E-state index contributed by atoms with van der Waals surface area (Å²) in [6, 6.07) is 7.81. The monoisotopic (exact) mass is 290 g/mol. The Kier molecular flexibility index (Phi) is 4.99. The van der Waals surface area contributed by atoms with Gasteiger partial charge in [0.1, 0.15) is 5.69 Å². The number of benzene rings is 1. The second-order valence-electron chi connectivity index (χ2n) is 5.55. The van der Waals surface area contributed by atoms with Gasteiger partial charge in [-0.1, -0.05) is 45.0 Å². The molecule has 0 aliphatic carbocycles. The molecule has 112 valence electrons. The van der Waals surface area contributed by atoms with Gasteiger partial charge in [0.15, 0.2) is 5.82 Å². The second kappa shape index (κ2) is 6.74. The number of rotatable bonds is 5. The third kappa shape index (κ3) is 3.84. The van der Waals surface area contributed by atoms with Crippen LogP contribution in [0.2, 0.25) is 0 Å². The number of nitrogens with zero attached hydrogens (tertiary/aromatic N) is 2. The zero-order valence-electron chi connectivity index (χ0n) is 12.6. The van der Waals surface area contributed by atoms with E-state index in [4.69, 9.17) is 0 Å². The highest BCUT2D eigenvalue weighted by Gasteiger charge is 2.16. The van der Waals surface area contributed by atoms with Crippen LogP contribution in [0.25, 0.3) is 11.4 Å². The van der Waals surface area contributed by atoms with Gasteiger partial charge in [0, 0.05) is 11.8 Å². The molecule has 4 heteroatoms. The van der Waals surface area contributed by atoms with Crippen LogP contribution in [-0.4, -0.2) is 9.97 Å². The number of aryl methyl sites for hydroxylation is 1. The van der Waals surface area contributed by atoms with Gasteiger partial charge in [-0.25, -0.2) is 18.7 Å². The first-order valence-corrected chi connectivity index (χ1v) is 7.24. The summed E-state index contributed by atoms with van der Waals surface area (Å²) in [5.41, 5.74) is 2.35. The van der Waals surface area contributed by atoms with E-state index < -0.39 is 6.43 Å². The van der Waals surface area contributed by atoms with Gasteiger partial charge in [-0.15, -0.1) is 0 Å². The number of hydrogen-bond donors (Lipinski definition) is 0. The Morgan fingerprint density at radius 2 is 1.76 bits per heavy atom. The molecule has 0 atom stereocenters. The van der Waals surface area contributed by atoms with Crippen molar-refractivity contribution in [2.75, 3.05) is 0 Å². The Labute approximate surface area is 124 Å². The van der Waals surface area contributed by atoms with Gasteiger partial charge >= 0.3 is 0 Å². The van der Waals surface area contributed by atoms with Crippen LogP contribution in [0.4, 0.5) is 8.78 Å². The Hall–Kier alpha value is -1.84. The molecule has 0 radical (unpaired) electrons. The number of halogens is 2. The zero-order chi connectivity index (χ0) is 15.4. The molecule has 2 nitrogen and oxygen atoms in total. The highest BCUT2D eigenvalue weighted by molar-refractivity contribution is 5.55. The lowest BCUT2D eigenvalue weighted by atomic mass is 10.0. The fraction of sp³-hybridized carbons (Fsp3) is 0.412. The summed E-state index contributed by atoms with van der Waals surface area (Å²) < 4.78 is 26.1. The lowest BCUT2D eigenvalue weighted by Gasteiger charge is -2.09. The Bertz CT molecular complexity index is 592. The van der Waals surface area contributed by atoms with Gasteiger partial charge in [-0.3, -0.25) is 0 Å². The van der Waals surface area contributed by atoms with E-state index in [0.717, 1.165) is 12.0 Å². The van der Waals surface area contributed by atoms with Gasteiger partial charge in [-0.05, 0) is 29.9 Å². The van der Waals surface area contributed by atoms with Crippen LogP contribution < -0.4 is 0 Å². The molecule has 1 aromatic heterocycles. The SMILES string of the molecule is CCc1cnc(-c2ccc(CC(C)C)cc2)nc1C(F)F. The lowest BCUT2D eigenvalue weighted by molar-refractivity contribution is 0.145. The number of alkyl halides is 2. The molecule has 1 aromatic carbocycles. The van der Waals surface area contributed by atoms with Crippen LogP contribution >= 0.6 is 0 Å². The molecule has 0 amide bonds. The topological polar surface area (TPSA) is 25.8 Å². The Balaban J connectivity index is 2.31. The lowest BCUT2D eigenvalue weighted by Crippen LogP contribution is -2.02. The van der Waals surface area contributed by atoms with E-state index in [2.05, 4.69) is 23.8 Å². The van der Waals surface area contributed by atoms with Crippen molar-refractivity contribution in [3.05, 3.63) is 47.3 Å². The fourth-order valence-electron chi connectivity index (χ4n) is 2.28. The molecular weight excluding hydrogens is 270 g/mol. The number of hydrogen-bond acceptors (Lipinski definition) is 2. The van der Waals surface area contributed by atoms with Crippen LogP contribution in [0.1, 0.15) is 44.0 Å². The van der Waals surface area contributed by atoms with Crippen LogP contribution in [0.15, 0.2) is 30.5 Å². The Morgan fingerprint density at radius 1 is 1.10 bits per heavy atom. The van der Waals surface area contributed by atoms with Crippen LogP contribution in [0.5, 0.6) is 0 Å². The van der Waals surface area contributed by atoms with Crippen LogP contribution in [0, 0.1) is 5.92 Å². The van der Waals surface area contributed by atoms with Crippen molar-refractivity contribution in [2.24, 2.45) is 5.92 Å². The standard InChI is InChI=1S/C17H20F2N2/c1-4-13-10-20-17(21-15(13)16(18)19)14-7-5-12(6-8-14)9-11(2)3/h5-8,10-11,16H,4,9H2,1-3H3. The predicted molar refractivity (Wildman–Crippen MR) is 80.3 cm³/mol. The van der Waals surface area contributed by atoms with Crippen molar-refractivity contribution >= 4 is 0 Å². The first kappa shape index (κ1) is 15.5. The van der Waals surface area contributed by atoms with Crippen LogP contribution in [0.3, 0.4) is 0 Å². The average Bonchev–Trinajstić information content (AvgIpc) is 2.46. The smallest absolute Gasteiger partial charge is 0.236 e. The minimum Gasteiger partial charge on any atom is -0.236 e.